The zero-order chi connectivity index (χ0) is 10.6. The molecule has 1 aliphatic rings. The first kappa shape index (κ1) is 11.5. The SMILES string of the molecule is CCCN1CCC(NC)(C(=O)O)CC1. The van der Waals surface area contributed by atoms with Gasteiger partial charge >= 0.3 is 5.97 Å². The molecule has 0 spiro atoms. The van der Waals surface area contributed by atoms with Crippen LogP contribution in [-0.2, 0) is 4.79 Å². The molecule has 0 amide bonds. The number of aliphatic carboxylic acids is 1. The highest BCUT2D eigenvalue weighted by Crippen LogP contribution is 2.22. The van der Waals surface area contributed by atoms with Crippen molar-refractivity contribution in [1.29, 1.82) is 0 Å². The van der Waals surface area contributed by atoms with Gasteiger partial charge in [0.25, 0.3) is 0 Å². The van der Waals surface area contributed by atoms with Gasteiger partial charge < -0.3 is 15.3 Å². The molecule has 1 heterocycles. The van der Waals surface area contributed by atoms with Crippen molar-refractivity contribution in [3.63, 3.8) is 0 Å². The quantitative estimate of drug-likeness (QED) is 0.695. The summed E-state index contributed by atoms with van der Waals surface area (Å²) in [6, 6.07) is 0. The van der Waals surface area contributed by atoms with E-state index in [-0.39, 0.29) is 0 Å². The molecule has 0 bridgehead atoms. The summed E-state index contributed by atoms with van der Waals surface area (Å²) in [4.78, 5) is 13.4. The van der Waals surface area contributed by atoms with Crippen LogP contribution in [0, 0.1) is 0 Å². The second-order valence-corrected chi connectivity index (χ2v) is 3.98. The molecule has 0 unspecified atom stereocenters. The second kappa shape index (κ2) is 4.75. The van der Waals surface area contributed by atoms with E-state index in [4.69, 9.17) is 5.11 Å². The Bertz CT molecular complexity index is 198. The molecule has 14 heavy (non-hydrogen) atoms. The number of hydrogen-bond acceptors (Lipinski definition) is 3. The summed E-state index contributed by atoms with van der Waals surface area (Å²) >= 11 is 0. The summed E-state index contributed by atoms with van der Waals surface area (Å²) in [6.07, 6.45) is 2.55. The number of nitrogens with zero attached hydrogens (tertiary/aromatic N) is 1. The van der Waals surface area contributed by atoms with Crippen LogP contribution in [0.5, 0.6) is 0 Å². The van der Waals surface area contributed by atoms with E-state index >= 15 is 0 Å². The molecule has 0 aromatic heterocycles. The number of hydrogen-bond donors (Lipinski definition) is 2. The fourth-order valence-electron chi connectivity index (χ4n) is 2.05. The molecule has 0 aromatic rings. The maximum Gasteiger partial charge on any atom is 0.323 e. The summed E-state index contributed by atoms with van der Waals surface area (Å²) < 4.78 is 0. The van der Waals surface area contributed by atoms with Crippen molar-refractivity contribution < 1.29 is 9.90 Å². The number of carboxylic acid groups (broad SMARTS) is 1. The van der Waals surface area contributed by atoms with E-state index in [0.717, 1.165) is 26.1 Å². The van der Waals surface area contributed by atoms with Crippen LogP contribution in [0.3, 0.4) is 0 Å². The second-order valence-electron chi connectivity index (χ2n) is 3.98. The fraction of sp³-hybridized carbons (Fsp3) is 0.900. The Morgan fingerprint density at radius 2 is 2.07 bits per heavy atom. The van der Waals surface area contributed by atoms with Crippen LogP contribution in [-0.4, -0.2) is 48.2 Å². The predicted molar refractivity (Wildman–Crippen MR) is 55.4 cm³/mol. The lowest BCUT2D eigenvalue weighted by Crippen LogP contribution is -2.57. The smallest absolute Gasteiger partial charge is 0.323 e. The highest BCUT2D eigenvalue weighted by Gasteiger charge is 2.39. The van der Waals surface area contributed by atoms with Crippen LogP contribution >= 0.6 is 0 Å². The van der Waals surface area contributed by atoms with Crippen molar-refractivity contribution >= 4 is 5.97 Å². The summed E-state index contributed by atoms with van der Waals surface area (Å²) in [6.45, 7) is 5.01. The Morgan fingerprint density at radius 3 is 2.43 bits per heavy atom. The van der Waals surface area contributed by atoms with E-state index in [1.807, 2.05) is 0 Å². The topological polar surface area (TPSA) is 52.6 Å². The van der Waals surface area contributed by atoms with E-state index in [0.29, 0.717) is 12.8 Å². The Balaban J connectivity index is 2.50. The van der Waals surface area contributed by atoms with Gasteiger partial charge in [0.1, 0.15) is 5.54 Å². The molecule has 4 nitrogen and oxygen atoms in total. The molecule has 1 rings (SSSR count). The standard InChI is InChI=1S/C10H20N2O2/c1-3-6-12-7-4-10(11-2,5-8-12)9(13)14/h11H,3-8H2,1-2H3,(H,13,14). The lowest BCUT2D eigenvalue weighted by Gasteiger charge is -2.38. The van der Waals surface area contributed by atoms with Crippen LogP contribution in [0.2, 0.25) is 0 Å². The minimum Gasteiger partial charge on any atom is -0.480 e. The van der Waals surface area contributed by atoms with Crippen molar-refractivity contribution in [2.45, 2.75) is 31.7 Å². The van der Waals surface area contributed by atoms with Gasteiger partial charge in [-0.25, -0.2) is 0 Å². The Hall–Kier alpha value is -0.610. The van der Waals surface area contributed by atoms with Crippen LogP contribution in [0.4, 0.5) is 0 Å². The van der Waals surface area contributed by atoms with Gasteiger partial charge in [-0.3, -0.25) is 4.79 Å². The van der Waals surface area contributed by atoms with Crippen LogP contribution < -0.4 is 5.32 Å². The van der Waals surface area contributed by atoms with Gasteiger partial charge in [0.05, 0.1) is 0 Å². The maximum absolute atomic E-state index is 11.1. The van der Waals surface area contributed by atoms with Crippen LogP contribution in [0.25, 0.3) is 0 Å². The average Bonchev–Trinajstić information content (AvgIpc) is 2.19. The van der Waals surface area contributed by atoms with E-state index in [9.17, 15) is 4.79 Å². The molecule has 1 saturated heterocycles. The largest absolute Gasteiger partial charge is 0.480 e. The maximum atomic E-state index is 11.1. The molecule has 2 N–H and O–H groups in total. The molecular formula is C10H20N2O2. The highest BCUT2D eigenvalue weighted by atomic mass is 16.4. The van der Waals surface area contributed by atoms with Crippen molar-refractivity contribution in [2.75, 3.05) is 26.7 Å². The molecular weight excluding hydrogens is 180 g/mol. The van der Waals surface area contributed by atoms with Crippen molar-refractivity contribution in [2.24, 2.45) is 0 Å². The van der Waals surface area contributed by atoms with Crippen molar-refractivity contribution in [3.8, 4) is 0 Å². The Morgan fingerprint density at radius 1 is 1.50 bits per heavy atom. The zero-order valence-corrected chi connectivity index (χ0v) is 9.05. The monoisotopic (exact) mass is 200 g/mol. The highest BCUT2D eigenvalue weighted by molar-refractivity contribution is 5.78. The molecule has 0 saturated carbocycles. The van der Waals surface area contributed by atoms with Crippen molar-refractivity contribution in [3.05, 3.63) is 0 Å². The number of rotatable bonds is 4. The van der Waals surface area contributed by atoms with Crippen LogP contribution in [0.15, 0.2) is 0 Å². The molecule has 0 aliphatic carbocycles. The molecule has 0 atom stereocenters. The van der Waals surface area contributed by atoms with Crippen LogP contribution in [0.1, 0.15) is 26.2 Å². The van der Waals surface area contributed by atoms with Gasteiger partial charge in [-0.2, -0.15) is 0 Å². The normalized spacial score (nSPS) is 22.1. The number of likely N-dealkylation sites (N-methyl/N-ethyl adjacent to an activating group) is 1. The average molecular weight is 200 g/mol. The first-order valence-corrected chi connectivity index (χ1v) is 5.29. The summed E-state index contributed by atoms with van der Waals surface area (Å²) in [5, 5.41) is 12.1. The van der Waals surface area contributed by atoms with E-state index in [1.165, 1.54) is 0 Å². The van der Waals surface area contributed by atoms with Gasteiger partial charge in [0.15, 0.2) is 0 Å². The van der Waals surface area contributed by atoms with Gasteiger partial charge in [-0.1, -0.05) is 6.92 Å². The van der Waals surface area contributed by atoms with Gasteiger partial charge in [-0.05, 0) is 32.9 Å². The Kier molecular flexibility index (Phi) is 3.89. The Labute approximate surface area is 85.3 Å². The first-order chi connectivity index (χ1) is 6.64. The molecule has 1 aliphatic heterocycles. The van der Waals surface area contributed by atoms with Gasteiger partial charge in [0.2, 0.25) is 0 Å². The molecule has 0 aromatic carbocycles. The van der Waals surface area contributed by atoms with E-state index in [1.54, 1.807) is 7.05 Å². The minimum absolute atomic E-state index is 0.676. The van der Waals surface area contributed by atoms with Gasteiger partial charge in [0, 0.05) is 13.1 Å². The van der Waals surface area contributed by atoms with E-state index < -0.39 is 11.5 Å². The number of piperidine rings is 1. The number of nitrogens with one attached hydrogen (secondary N) is 1. The lowest BCUT2D eigenvalue weighted by molar-refractivity contribution is -0.146. The zero-order valence-electron chi connectivity index (χ0n) is 9.05. The molecule has 1 fully saturated rings. The van der Waals surface area contributed by atoms with Crippen molar-refractivity contribution in [1.82, 2.24) is 10.2 Å². The third-order valence-electron chi connectivity index (χ3n) is 3.14. The third-order valence-corrected chi connectivity index (χ3v) is 3.14. The summed E-state index contributed by atoms with van der Waals surface area (Å²) in [5.41, 5.74) is -0.676. The summed E-state index contributed by atoms with van der Waals surface area (Å²) in [7, 11) is 1.74. The van der Waals surface area contributed by atoms with Gasteiger partial charge in [-0.15, -0.1) is 0 Å². The van der Waals surface area contributed by atoms with E-state index in [2.05, 4.69) is 17.1 Å². The lowest BCUT2D eigenvalue weighted by atomic mass is 9.88. The first-order valence-electron chi connectivity index (χ1n) is 5.29. The predicted octanol–water partition coefficient (Wildman–Crippen LogP) is 0.535. The molecule has 0 radical (unpaired) electrons. The number of likely N-dealkylation sites (tertiary alicyclic amines) is 1. The molecule has 4 heteroatoms. The number of carboxylic acids is 1. The fourth-order valence-corrected chi connectivity index (χ4v) is 2.05. The third kappa shape index (κ3) is 2.25. The molecule has 82 valence electrons. The number of carbonyl (C=O) groups is 1. The summed E-state index contributed by atoms with van der Waals surface area (Å²) in [5.74, 6) is -0.712. The minimum atomic E-state index is -0.712.